The second-order valence-electron chi connectivity index (χ2n) is 5.98. The Bertz CT molecular complexity index is 562. The first-order chi connectivity index (χ1) is 10.2. The second-order valence-corrected chi connectivity index (χ2v) is 5.98. The molecule has 0 spiro atoms. The summed E-state index contributed by atoms with van der Waals surface area (Å²) in [4.78, 5) is 6.52. The van der Waals surface area contributed by atoms with Gasteiger partial charge in [-0.15, -0.1) is 0 Å². The van der Waals surface area contributed by atoms with Gasteiger partial charge in [-0.3, -0.25) is 0 Å². The van der Waals surface area contributed by atoms with Crippen LogP contribution in [0.3, 0.4) is 0 Å². The van der Waals surface area contributed by atoms with Gasteiger partial charge < -0.3 is 14.6 Å². The van der Waals surface area contributed by atoms with Crippen molar-refractivity contribution in [2.24, 2.45) is 0 Å². The second kappa shape index (κ2) is 6.41. The Morgan fingerprint density at radius 1 is 1.33 bits per heavy atom. The fourth-order valence-electron chi connectivity index (χ4n) is 2.68. The van der Waals surface area contributed by atoms with E-state index in [0.29, 0.717) is 6.04 Å². The van der Waals surface area contributed by atoms with Crippen LogP contribution in [0.25, 0.3) is 0 Å². The molecular weight excluding hydrogens is 262 g/mol. The summed E-state index contributed by atoms with van der Waals surface area (Å²) in [7, 11) is 2.10. The molecule has 0 bridgehead atoms. The molecule has 1 N–H and O–H groups in total. The molecule has 0 saturated heterocycles. The zero-order valence-electron chi connectivity index (χ0n) is 12.5. The van der Waals surface area contributed by atoms with Gasteiger partial charge in [-0.2, -0.15) is 0 Å². The van der Waals surface area contributed by atoms with Gasteiger partial charge in [-0.1, -0.05) is 30.3 Å². The molecule has 1 aliphatic carbocycles. The molecule has 112 valence electrons. The first-order valence-electron chi connectivity index (χ1n) is 7.66. The van der Waals surface area contributed by atoms with Crippen molar-refractivity contribution in [3.05, 3.63) is 54.1 Å². The lowest BCUT2D eigenvalue weighted by Gasteiger charge is -2.19. The molecule has 1 heterocycles. The van der Waals surface area contributed by atoms with Crippen LogP contribution < -0.4 is 0 Å². The molecule has 3 rings (SSSR count). The summed E-state index contributed by atoms with van der Waals surface area (Å²) in [6, 6.07) is 10.5. The normalized spacial score (nSPS) is 16.3. The van der Waals surface area contributed by atoms with E-state index in [1.54, 1.807) is 0 Å². The third-order valence-electron chi connectivity index (χ3n) is 4.09. The van der Waals surface area contributed by atoms with Gasteiger partial charge in [-0.25, -0.2) is 4.98 Å². The maximum Gasteiger partial charge on any atom is 0.0951 e. The van der Waals surface area contributed by atoms with Crippen LogP contribution in [-0.2, 0) is 6.54 Å². The number of rotatable bonds is 7. The van der Waals surface area contributed by atoms with E-state index in [-0.39, 0.29) is 6.10 Å². The molecule has 1 saturated carbocycles. The van der Waals surface area contributed by atoms with Crippen LogP contribution in [0.5, 0.6) is 0 Å². The minimum absolute atomic E-state index is 0.387. The Morgan fingerprint density at radius 3 is 2.81 bits per heavy atom. The Morgan fingerprint density at radius 2 is 2.10 bits per heavy atom. The van der Waals surface area contributed by atoms with Crippen molar-refractivity contribution in [2.75, 3.05) is 13.6 Å². The molecule has 1 unspecified atom stereocenters. The SMILES string of the molecule is CN(CCC(O)c1ccccc1)Cc1cncn1C1CC1. The van der Waals surface area contributed by atoms with Gasteiger partial charge in [-0.05, 0) is 31.9 Å². The molecule has 1 fully saturated rings. The highest BCUT2D eigenvalue weighted by Gasteiger charge is 2.25. The van der Waals surface area contributed by atoms with Crippen molar-refractivity contribution in [2.45, 2.75) is 38.0 Å². The Balaban J connectivity index is 1.50. The zero-order chi connectivity index (χ0) is 14.7. The van der Waals surface area contributed by atoms with E-state index in [2.05, 4.69) is 21.5 Å². The van der Waals surface area contributed by atoms with Gasteiger partial charge in [0.1, 0.15) is 0 Å². The number of nitrogens with zero attached hydrogens (tertiary/aromatic N) is 3. The molecule has 0 radical (unpaired) electrons. The Hall–Kier alpha value is -1.65. The monoisotopic (exact) mass is 285 g/mol. The standard InChI is InChI=1S/C17H23N3O/c1-19(10-9-17(21)14-5-3-2-4-6-14)12-16-11-18-13-20(16)15-7-8-15/h2-6,11,13,15,17,21H,7-10,12H2,1H3. The summed E-state index contributed by atoms with van der Waals surface area (Å²) in [6.07, 6.45) is 6.82. The lowest BCUT2D eigenvalue weighted by atomic mass is 10.1. The van der Waals surface area contributed by atoms with Crippen molar-refractivity contribution >= 4 is 0 Å². The van der Waals surface area contributed by atoms with Crippen molar-refractivity contribution in [3.63, 3.8) is 0 Å². The molecule has 4 nitrogen and oxygen atoms in total. The third-order valence-corrected chi connectivity index (χ3v) is 4.09. The van der Waals surface area contributed by atoms with Crippen LogP contribution in [0.2, 0.25) is 0 Å². The molecule has 21 heavy (non-hydrogen) atoms. The number of hydrogen-bond donors (Lipinski definition) is 1. The van der Waals surface area contributed by atoms with Crippen LogP contribution in [0.1, 0.15) is 42.7 Å². The van der Waals surface area contributed by atoms with Crippen LogP contribution in [0, 0.1) is 0 Å². The van der Waals surface area contributed by atoms with E-state index < -0.39 is 0 Å². The summed E-state index contributed by atoms with van der Waals surface area (Å²) in [6.45, 7) is 1.75. The number of benzene rings is 1. The quantitative estimate of drug-likeness (QED) is 0.850. The lowest BCUT2D eigenvalue weighted by molar-refractivity contribution is 0.147. The number of imidazole rings is 1. The molecular formula is C17H23N3O. The van der Waals surface area contributed by atoms with Gasteiger partial charge in [0.15, 0.2) is 0 Å². The van der Waals surface area contributed by atoms with E-state index >= 15 is 0 Å². The average Bonchev–Trinajstić information content (AvgIpc) is 3.26. The minimum Gasteiger partial charge on any atom is -0.388 e. The van der Waals surface area contributed by atoms with E-state index in [1.807, 2.05) is 42.9 Å². The fourth-order valence-corrected chi connectivity index (χ4v) is 2.68. The van der Waals surface area contributed by atoms with Crippen LogP contribution >= 0.6 is 0 Å². The fraction of sp³-hybridized carbons (Fsp3) is 0.471. The molecule has 1 aromatic heterocycles. The highest BCUT2D eigenvalue weighted by Crippen LogP contribution is 2.35. The number of aliphatic hydroxyl groups is 1. The summed E-state index contributed by atoms with van der Waals surface area (Å²) in [5.41, 5.74) is 2.27. The van der Waals surface area contributed by atoms with E-state index in [0.717, 1.165) is 25.1 Å². The van der Waals surface area contributed by atoms with Gasteiger partial charge in [0.25, 0.3) is 0 Å². The highest BCUT2D eigenvalue weighted by molar-refractivity contribution is 5.17. The van der Waals surface area contributed by atoms with E-state index in [4.69, 9.17) is 0 Å². The molecule has 0 aliphatic heterocycles. The summed E-state index contributed by atoms with van der Waals surface area (Å²) in [5, 5.41) is 10.2. The topological polar surface area (TPSA) is 41.3 Å². The van der Waals surface area contributed by atoms with Gasteiger partial charge in [0.05, 0.1) is 18.1 Å². The molecule has 1 aliphatic rings. The molecule has 4 heteroatoms. The van der Waals surface area contributed by atoms with Crippen molar-refractivity contribution in [3.8, 4) is 0 Å². The summed E-state index contributed by atoms with van der Waals surface area (Å²) >= 11 is 0. The Kier molecular flexibility index (Phi) is 4.36. The van der Waals surface area contributed by atoms with Gasteiger partial charge in [0.2, 0.25) is 0 Å². The number of hydrogen-bond acceptors (Lipinski definition) is 3. The van der Waals surface area contributed by atoms with Crippen LogP contribution in [-0.4, -0.2) is 33.1 Å². The van der Waals surface area contributed by atoms with E-state index in [1.165, 1.54) is 18.5 Å². The predicted octanol–water partition coefficient (Wildman–Crippen LogP) is 2.77. The molecule has 1 atom stereocenters. The molecule has 1 aromatic carbocycles. The van der Waals surface area contributed by atoms with Crippen molar-refractivity contribution < 1.29 is 5.11 Å². The molecule has 0 amide bonds. The van der Waals surface area contributed by atoms with Crippen molar-refractivity contribution in [1.29, 1.82) is 0 Å². The largest absolute Gasteiger partial charge is 0.388 e. The number of aromatic nitrogens is 2. The first kappa shape index (κ1) is 14.3. The molecule has 2 aromatic rings. The third kappa shape index (κ3) is 3.71. The zero-order valence-corrected chi connectivity index (χ0v) is 12.5. The smallest absolute Gasteiger partial charge is 0.0951 e. The maximum atomic E-state index is 10.2. The van der Waals surface area contributed by atoms with E-state index in [9.17, 15) is 5.11 Å². The summed E-state index contributed by atoms with van der Waals surface area (Å²) < 4.78 is 2.30. The predicted molar refractivity (Wildman–Crippen MR) is 82.9 cm³/mol. The highest BCUT2D eigenvalue weighted by atomic mass is 16.3. The Labute approximate surface area is 126 Å². The minimum atomic E-state index is -0.387. The lowest BCUT2D eigenvalue weighted by Crippen LogP contribution is -2.22. The van der Waals surface area contributed by atoms with Crippen molar-refractivity contribution in [1.82, 2.24) is 14.5 Å². The average molecular weight is 285 g/mol. The van der Waals surface area contributed by atoms with Gasteiger partial charge >= 0.3 is 0 Å². The van der Waals surface area contributed by atoms with Crippen LogP contribution in [0.15, 0.2) is 42.9 Å². The first-order valence-corrected chi connectivity index (χ1v) is 7.66. The van der Waals surface area contributed by atoms with Crippen LogP contribution in [0.4, 0.5) is 0 Å². The summed E-state index contributed by atoms with van der Waals surface area (Å²) in [5.74, 6) is 0. The maximum absolute atomic E-state index is 10.2. The van der Waals surface area contributed by atoms with Gasteiger partial charge in [0, 0.05) is 25.3 Å². The number of aliphatic hydroxyl groups excluding tert-OH is 1.